The molecule has 0 unspecified atom stereocenters. The molecule has 0 saturated heterocycles. The van der Waals surface area contributed by atoms with Crippen LogP contribution in [0.3, 0.4) is 0 Å². The maximum atomic E-state index is 12.1. The summed E-state index contributed by atoms with van der Waals surface area (Å²) in [5.41, 5.74) is 2.50. The largest absolute Gasteiger partial charge is 0.299 e. The van der Waals surface area contributed by atoms with Crippen LogP contribution in [0.5, 0.6) is 0 Å². The molecule has 0 bridgehead atoms. The SMILES string of the molecule is O=Cc1ccccc1CC(=O)Cc1ccccc1C=O. The van der Waals surface area contributed by atoms with Crippen molar-refractivity contribution in [3.63, 3.8) is 0 Å². The topological polar surface area (TPSA) is 51.2 Å². The fourth-order valence-electron chi connectivity index (χ4n) is 2.11. The molecule has 2 aromatic rings. The first-order valence-electron chi connectivity index (χ1n) is 6.32. The first kappa shape index (κ1) is 13.9. The second kappa shape index (κ2) is 6.57. The highest BCUT2D eigenvalue weighted by atomic mass is 16.1. The number of hydrogen-bond donors (Lipinski definition) is 0. The Hall–Kier alpha value is -2.55. The second-order valence-electron chi connectivity index (χ2n) is 4.53. The minimum Gasteiger partial charge on any atom is -0.299 e. The molecule has 0 aliphatic carbocycles. The van der Waals surface area contributed by atoms with Gasteiger partial charge in [0.2, 0.25) is 0 Å². The van der Waals surface area contributed by atoms with E-state index in [2.05, 4.69) is 0 Å². The summed E-state index contributed by atoms with van der Waals surface area (Å²) in [7, 11) is 0. The van der Waals surface area contributed by atoms with E-state index < -0.39 is 0 Å². The number of hydrogen-bond acceptors (Lipinski definition) is 3. The van der Waals surface area contributed by atoms with Gasteiger partial charge in [-0.1, -0.05) is 48.5 Å². The van der Waals surface area contributed by atoms with E-state index in [0.717, 1.165) is 23.7 Å². The average Bonchev–Trinajstić information content (AvgIpc) is 2.48. The highest BCUT2D eigenvalue weighted by molar-refractivity contribution is 5.88. The first-order chi connectivity index (χ1) is 9.74. The third-order valence-electron chi connectivity index (χ3n) is 3.14. The van der Waals surface area contributed by atoms with Crippen LogP contribution in [0.1, 0.15) is 31.8 Å². The molecule has 0 atom stereocenters. The summed E-state index contributed by atoms with van der Waals surface area (Å²) in [5.74, 6) is -0.0198. The van der Waals surface area contributed by atoms with Gasteiger partial charge >= 0.3 is 0 Å². The lowest BCUT2D eigenvalue weighted by Gasteiger charge is -2.06. The van der Waals surface area contributed by atoms with Crippen LogP contribution in [0.2, 0.25) is 0 Å². The number of carbonyl (C=O) groups excluding carboxylic acids is 3. The summed E-state index contributed by atoms with van der Waals surface area (Å²) in [6.45, 7) is 0. The summed E-state index contributed by atoms with van der Waals surface area (Å²) >= 11 is 0. The summed E-state index contributed by atoms with van der Waals surface area (Å²) < 4.78 is 0. The monoisotopic (exact) mass is 266 g/mol. The second-order valence-corrected chi connectivity index (χ2v) is 4.53. The third-order valence-corrected chi connectivity index (χ3v) is 3.14. The smallest absolute Gasteiger partial charge is 0.150 e. The summed E-state index contributed by atoms with van der Waals surface area (Å²) in [6.07, 6.45) is 1.90. The fraction of sp³-hybridized carbons (Fsp3) is 0.118. The Kier molecular flexibility index (Phi) is 4.56. The lowest BCUT2D eigenvalue weighted by Crippen LogP contribution is -2.09. The molecule has 0 heterocycles. The van der Waals surface area contributed by atoms with Gasteiger partial charge in [-0.15, -0.1) is 0 Å². The van der Waals surface area contributed by atoms with Crippen LogP contribution >= 0.6 is 0 Å². The standard InChI is InChI=1S/C17H14O3/c18-11-15-7-3-1-5-13(15)9-17(20)10-14-6-2-4-8-16(14)12-19/h1-8,11-12H,9-10H2. The zero-order chi connectivity index (χ0) is 14.4. The van der Waals surface area contributed by atoms with Crippen molar-refractivity contribution in [2.45, 2.75) is 12.8 Å². The highest BCUT2D eigenvalue weighted by Gasteiger charge is 2.10. The Balaban J connectivity index is 2.13. The molecule has 3 heteroatoms. The quantitative estimate of drug-likeness (QED) is 0.755. The number of rotatable bonds is 6. The Bertz CT molecular complexity index is 589. The number of benzene rings is 2. The molecule has 0 amide bonds. The van der Waals surface area contributed by atoms with Crippen LogP contribution in [-0.4, -0.2) is 18.4 Å². The summed E-state index contributed by atoms with van der Waals surface area (Å²) in [6, 6.07) is 14.0. The molecule has 0 aliphatic heterocycles. The van der Waals surface area contributed by atoms with E-state index in [9.17, 15) is 14.4 Å². The van der Waals surface area contributed by atoms with E-state index in [-0.39, 0.29) is 18.6 Å². The summed E-state index contributed by atoms with van der Waals surface area (Å²) in [4.78, 5) is 33.9. The molecular formula is C17H14O3. The van der Waals surface area contributed by atoms with Gasteiger partial charge in [0, 0.05) is 24.0 Å². The van der Waals surface area contributed by atoms with E-state index in [1.165, 1.54) is 0 Å². The van der Waals surface area contributed by atoms with Crippen molar-refractivity contribution < 1.29 is 14.4 Å². The van der Waals surface area contributed by atoms with E-state index >= 15 is 0 Å². The summed E-state index contributed by atoms with van der Waals surface area (Å²) in [5, 5.41) is 0. The van der Waals surface area contributed by atoms with E-state index in [0.29, 0.717) is 11.1 Å². The Morgan fingerprint density at radius 2 is 1.15 bits per heavy atom. The van der Waals surface area contributed by atoms with Crippen molar-refractivity contribution >= 4 is 18.4 Å². The maximum Gasteiger partial charge on any atom is 0.150 e. The van der Waals surface area contributed by atoms with Crippen LogP contribution in [0.15, 0.2) is 48.5 Å². The first-order valence-corrected chi connectivity index (χ1v) is 6.32. The fourth-order valence-corrected chi connectivity index (χ4v) is 2.11. The van der Waals surface area contributed by atoms with Gasteiger partial charge < -0.3 is 0 Å². The lowest BCUT2D eigenvalue weighted by molar-refractivity contribution is -0.117. The van der Waals surface area contributed by atoms with Crippen LogP contribution in [0, 0.1) is 0 Å². The van der Waals surface area contributed by atoms with Gasteiger partial charge in [-0.25, -0.2) is 0 Å². The molecule has 0 spiro atoms. The van der Waals surface area contributed by atoms with Crippen LogP contribution in [-0.2, 0) is 17.6 Å². The van der Waals surface area contributed by atoms with Gasteiger partial charge in [0.25, 0.3) is 0 Å². The van der Waals surface area contributed by atoms with Gasteiger partial charge in [-0.3, -0.25) is 14.4 Å². The predicted octanol–water partition coefficient (Wildman–Crippen LogP) is 2.67. The van der Waals surface area contributed by atoms with Gasteiger partial charge in [0.15, 0.2) is 0 Å². The Morgan fingerprint density at radius 3 is 1.55 bits per heavy atom. The normalized spacial score (nSPS) is 10.0. The minimum atomic E-state index is -0.0198. The zero-order valence-corrected chi connectivity index (χ0v) is 10.9. The average molecular weight is 266 g/mol. The van der Waals surface area contributed by atoms with Crippen molar-refractivity contribution in [1.29, 1.82) is 0 Å². The molecule has 2 aromatic carbocycles. The van der Waals surface area contributed by atoms with Crippen molar-refractivity contribution in [3.8, 4) is 0 Å². The van der Waals surface area contributed by atoms with Crippen molar-refractivity contribution in [1.82, 2.24) is 0 Å². The van der Waals surface area contributed by atoms with Gasteiger partial charge in [-0.05, 0) is 11.1 Å². The number of carbonyl (C=O) groups is 3. The molecule has 100 valence electrons. The Morgan fingerprint density at radius 1 is 0.750 bits per heavy atom. The van der Waals surface area contributed by atoms with E-state index in [1.807, 2.05) is 0 Å². The van der Waals surface area contributed by atoms with Crippen molar-refractivity contribution in [2.75, 3.05) is 0 Å². The molecule has 0 aliphatic rings. The van der Waals surface area contributed by atoms with Crippen LogP contribution in [0.4, 0.5) is 0 Å². The van der Waals surface area contributed by atoms with Crippen molar-refractivity contribution in [2.24, 2.45) is 0 Å². The number of Topliss-reactive ketones (excluding diaryl/α,β-unsaturated/α-hetero) is 1. The highest BCUT2D eigenvalue weighted by Crippen LogP contribution is 2.12. The zero-order valence-electron chi connectivity index (χ0n) is 10.9. The van der Waals surface area contributed by atoms with Crippen LogP contribution in [0.25, 0.3) is 0 Å². The predicted molar refractivity (Wildman–Crippen MR) is 76.1 cm³/mol. The molecular weight excluding hydrogens is 252 g/mol. The van der Waals surface area contributed by atoms with Gasteiger partial charge in [0.05, 0.1) is 0 Å². The Labute approximate surface area is 117 Å². The van der Waals surface area contributed by atoms with E-state index in [1.54, 1.807) is 48.5 Å². The van der Waals surface area contributed by atoms with Gasteiger partial charge in [-0.2, -0.15) is 0 Å². The molecule has 3 nitrogen and oxygen atoms in total. The molecule has 0 N–H and O–H groups in total. The lowest BCUT2D eigenvalue weighted by atomic mass is 9.97. The molecule has 0 aromatic heterocycles. The minimum absolute atomic E-state index is 0.0198. The molecule has 20 heavy (non-hydrogen) atoms. The van der Waals surface area contributed by atoms with Gasteiger partial charge in [0.1, 0.15) is 18.4 Å². The number of aldehydes is 2. The number of ketones is 1. The molecule has 0 saturated carbocycles. The molecule has 2 rings (SSSR count). The van der Waals surface area contributed by atoms with Crippen LogP contribution < -0.4 is 0 Å². The third kappa shape index (κ3) is 3.26. The maximum absolute atomic E-state index is 12.1. The van der Waals surface area contributed by atoms with E-state index in [4.69, 9.17) is 0 Å². The van der Waals surface area contributed by atoms with Crippen molar-refractivity contribution in [3.05, 3.63) is 70.8 Å². The molecule has 0 fully saturated rings. The molecule has 0 radical (unpaired) electrons.